The van der Waals surface area contributed by atoms with Crippen LogP contribution in [0.2, 0.25) is 19.6 Å². The molecular formula is C49H52IrN2SSi-2. The third kappa shape index (κ3) is 9.55. The van der Waals surface area contributed by atoms with Gasteiger partial charge >= 0.3 is 0 Å². The molecule has 1 aliphatic carbocycles. The fourth-order valence-electron chi connectivity index (χ4n) is 7.85. The SMILES string of the molecule is CC(C)(C)Cc1cc(-c2[c-]cccc2)ncc1[Si](C)(C)C.[Ir].[c-]1ccc2c(sc3c(-c4ccccc4)cccc32)c1-c1cc(CC2CCCCC2)ccn1. The minimum absolute atomic E-state index is 0. The molecule has 8 rings (SSSR count). The Morgan fingerprint density at radius 2 is 1.50 bits per heavy atom. The fraction of sp³-hybridized carbons (Fsp3) is 0.306. The molecule has 279 valence electrons. The van der Waals surface area contributed by atoms with Crippen molar-refractivity contribution in [2.75, 3.05) is 0 Å². The fourth-order valence-corrected chi connectivity index (χ4v) is 10.8. The second-order valence-corrected chi connectivity index (χ2v) is 23.1. The number of fused-ring (bicyclic) bond motifs is 3. The van der Waals surface area contributed by atoms with Gasteiger partial charge in [0, 0.05) is 37.2 Å². The maximum atomic E-state index is 4.78. The van der Waals surface area contributed by atoms with Crippen molar-refractivity contribution in [1.82, 2.24) is 9.97 Å². The Kier molecular flexibility index (Phi) is 12.9. The number of hydrogen-bond acceptors (Lipinski definition) is 3. The van der Waals surface area contributed by atoms with Crippen molar-refractivity contribution in [2.45, 2.75) is 85.4 Å². The average Bonchev–Trinajstić information content (AvgIpc) is 3.55. The van der Waals surface area contributed by atoms with Crippen LogP contribution in [0.1, 0.15) is 64.0 Å². The van der Waals surface area contributed by atoms with Crippen molar-refractivity contribution >= 4 is 44.8 Å². The van der Waals surface area contributed by atoms with Crippen molar-refractivity contribution in [3.05, 3.63) is 139 Å². The minimum atomic E-state index is -1.37. The zero-order chi connectivity index (χ0) is 37.0. The molecule has 1 fully saturated rings. The second-order valence-electron chi connectivity index (χ2n) is 17.0. The van der Waals surface area contributed by atoms with Crippen LogP contribution in [0.4, 0.5) is 0 Å². The minimum Gasteiger partial charge on any atom is -0.305 e. The van der Waals surface area contributed by atoms with Gasteiger partial charge in [0.15, 0.2) is 0 Å². The van der Waals surface area contributed by atoms with Crippen LogP contribution in [0, 0.1) is 23.5 Å². The number of pyridine rings is 2. The van der Waals surface area contributed by atoms with Gasteiger partial charge in [-0.3, -0.25) is 0 Å². The smallest absolute Gasteiger partial charge is 0.0798 e. The van der Waals surface area contributed by atoms with E-state index in [1.54, 1.807) is 0 Å². The Morgan fingerprint density at radius 1 is 0.741 bits per heavy atom. The van der Waals surface area contributed by atoms with Crippen LogP contribution in [0.25, 0.3) is 53.8 Å². The van der Waals surface area contributed by atoms with Crippen molar-refractivity contribution < 1.29 is 20.1 Å². The maximum absolute atomic E-state index is 4.78. The first kappa shape index (κ1) is 39.9. The van der Waals surface area contributed by atoms with Crippen molar-refractivity contribution in [3.8, 4) is 33.6 Å². The molecule has 3 heterocycles. The Morgan fingerprint density at radius 3 is 2.22 bits per heavy atom. The van der Waals surface area contributed by atoms with E-state index >= 15 is 0 Å². The molecule has 0 spiro atoms. The number of hydrogen-bond donors (Lipinski definition) is 0. The van der Waals surface area contributed by atoms with Gasteiger partial charge < -0.3 is 9.97 Å². The van der Waals surface area contributed by atoms with E-state index in [0.717, 1.165) is 34.9 Å². The van der Waals surface area contributed by atoms with Gasteiger partial charge in [0.2, 0.25) is 0 Å². The van der Waals surface area contributed by atoms with E-state index in [2.05, 4.69) is 144 Å². The third-order valence-corrected chi connectivity index (χ3v) is 13.7. The summed E-state index contributed by atoms with van der Waals surface area (Å²) in [5, 5.41) is 4.10. The second kappa shape index (κ2) is 17.4. The van der Waals surface area contributed by atoms with Gasteiger partial charge in [0.1, 0.15) is 0 Å². The summed E-state index contributed by atoms with van der Waals surface area (Å²) >= 11 is 1.87. The van der Waals surface area contributed by atoms with E-state index < -0.39 is 8.07 Å². The number of rotatable bonds is 7. The van der Waals surface area contributed by atoms with Crippen LogP contribution in [-0.2, 0) is 32.9 Å². The van der Waals surface area contributed by atoms with Gasteiger partial charge in [0.25, 0.3) is 0 Å². The molecule has 1 radical (unpaired) electrons. The quantitative estimate of drug-likeness (QED) is 0.118. The summed E-state index contributed by atoms with van der Waals surface area (Å²) in [6, 6.07) is 43.3. The molecule has 0 unspecified atom stereocenters. The Balaban J connectivity index is 0.000000198. The summed E-state index contributed by atoms with van der Waals surface area (Å²) in [6.07, 6.45) is 13.3. The molecule has 1 aliphatic rings. The zero-order valence-corrected chi connectivity index (χ0v) is 36.8. The van der Waals surface area contributed by atoms with Gasteiger partial charge in [-0.25, -0.2) is 0 Å². The molecule has 5 heteroatoms. The largest absolute Gasteiger partial charge is 0.305 e. The summed E-state index contributed by atoms with van der Waals surface area (Å²) in [5.41, 5.74) is 10.0. The van der Waals surface area contributed by atoms with Gasteiger partial charge in [0.05, 0.1) is 8.07 Å². The first-order chi connectivity index (χ1) is 25.5. The van der Waals surface area contributed by atoms with Crippen LogP contribution < -0.4 is 5.19 Å². The zero-order valence-electron chi connectivity index (χ0n) is 32.6. The summed E-state index contributed by atoms with van der Waals surface area (Å²) < 4.78 is 2.63. The predicted octanol–water partition coefficient (Wildman–Crippen LogP) is 13.4. The van der Waals surface area contributed by atoms with Gasteiger partial charge in [-0.05, 0) is 68.0 Å². The first-order valence-electron chi connectivity index (χ1n) is 19.4. The number of nitrogens with zero attached hydrogens (tertiary/aromatic N) is 2. The average molecular weight is 921 g/mol. The number of benzene rings is 4. The Bertz CT molecular complexity index is 2300. The summed E-state index contributed by atoms with van der Waals surface area (Å²) in [5.74, 6) is 0.830. The normalized spacial score (nSPS) is 13.7. The standard InChI is InChI=1S/C30H26NS.C19H26NSi.Ir/c1-3-9-21(10-4-1)19-22-17-18-31-28(20-22)27-16-8-15-26-25-14-7-13-24(29(25)32-30(26)27)23-11-5-2-6-12-23;1-19(2,3)13-16-12-17(15-10-8-7-9-11-15)20-14-18(16)21(4,5)6;/h2,5-8,11-15,17-18,20-21H,1,3-4,9-10,19H2;7-10,12,14H,13H2,1-6H3;/q2*-1;. The molecule has 0 N–H and O–H groups in total. The first-order valence-corrected chi connectivity index (χ1v) is 23.7. The van der Waals surface area contributed by atoms with Crippen molar-refractivity contribution in [1.29, 1.82) is 0 Å². The van der Waals surface area contributed by atoms with E-state index in [4.69, 9.17) is 9.97 Å². The molecule has 3 aromatic heterocycles. The molecule has 2 nitrogen and oxygen atoms in total. The molecule has 0 amide bonds. The van der Waals surface area contributed by atoms with Crippen molar-refractivity contribution in [3.63, 3.8) is 0 Å². The monoisotopic (exact) mass is 921 g/mol. The molecule has 4 aromatic carbocycles. The predicted molar refractivity (Wildman–Crippen MR) is 232 cm³/mol. The van der Waals surface area contributed by atoms with Crippen LogP contribution in [0.3, 0.4) is 0 Å². The van der Waals surface area contributed by atoms with Crippen LogP contribution in [0.5, 0.6) is 0 Å². The molecule has 0 aliphatic heterocycles. The summed E-state index contributed by atoms with van der Waals surface area (Å²) in [7, 11) is -1.37. The van der Waals surface area contributed by atoms with Gasteiger partial charge in [-0.2, -0.15) is 11.3 Å². The van der Waals surface area contributed by atoms with Crippen LogP contribution in [-0.4, -0.2) is 18.0 Å². The summed E-state index contributed by atoms with van der Waals surface area (Å²) in [4.78, 5) is 9.49. The van der Waals surface area contributed by atoms with Crippen LogP contribution in [0.15, 0.2) is 116 Å². The maximum Gasteiger partial charge on any atom is 0.0798 e. The topological polar surface area (TPSA) is 25.8 Å². The van der Waals surface area contributed by atoms with E-state index in [1.807, 2.05) is 35.7 Å². The Labute approximate surface area is 341 Å². The third-order valence-electron chi connectivity index (χ3n) is 10.4. The van der Waals surface area contributed by atoms with E-state index in [-0.39, 0.29) is 25.5 Å². The molecular weight excluding hydrogens is 869 g/mol. The van der Waals surface area contributed by atoms with Crippen LogP contribution >= 0.6 is 11.3 Å². The van der Waals surface area contributed by atoms with Crippen molar-refractivity contribution in [2.24, 2.45) is 11.3 Å². The Hall–Kier alpha value is -3.73. The molecule has 0 atom stereocenters. The van der Waals surface area contributed by atoms with E-state index in [0.29, 0.717) is 0 Å². The molecule has 7 aromatic rings. The molecule has 0 saturated heterocycles. The molecule has 0 bridgehead atoms. The van der Waals surface area contributed by atoms with E-state index in [9.17, 15) is 0 Å². The van der Waals surface area contributed by atoms with E-state index in [1.165, 1.54) is 86.1 Å². The van der Waals surface area contributed by atoms with Gasteiger partial charge in [-0.1, -0.05) is 150 Å². The number of thiophene rings is 1. The summed E-state index contributed by atoms with van der Waals surface area (Å²) in [6.45, 7) is 14.1. The molecule has 1 saturated carbocycles. The van der Waals surface area contributed by atoms with Gasteiger partial charge in [-0.15, -0.1) is 59.7 Å². The molecule has 54 heavy (non-hydrogen) atoms. The number of aromatic nitrogens is 2.